The van der Waals surface area contributed by atoms with Crippen molar-refractivity contribution in [2.75, 3.05) is 19.0 Å². The SMILES string of the molecule is CCCCCCCCNc1ccc(OC)c(Cl)c1. The lowest BCUT2D eigenvalue weighted by Crippen LogP contribution is -2.01. The van der Waals surface area contributed by atoms with E-state index in [0.717, 1.165) is 18.0 Å². The summed E-state index contributed by atoms with van der Waals surface area (Å²) in [6.07, 6.45) is 7.90. The first-order valence-electron chi connectivity index (χ1n) is 6.85. The molecule has 1 N–H and O–H groups in total. The maximum absolute atomic E-state index is 6.06. The van der Waals surface area contributed by atoms with Gasteiger partial charge in [-0.1, -0.05) is 50.6 Å². The third-order valence-electron chi connectivity index (χ3n) is 3.01. The molecule has 1 aromatic rings. The van der Waals surface area contributed by atoms with Crippen LogP contribution in [0.25, 0.3) is 0 Å². The molecule has 1 aromatic carbocycles. The number of nitrogens with one attached hydrogen (secondary N) is 1. The normalized spacial score (nSPS) is 10.4. The van der Waals surface area contributed by atoms with Crippen molar-refractivity contribution < 1.29 is 4.74 Å². The van der Waals surface area contributed by atoms with Gasteiger partial charge in [-0.15, -0.1) is 0 Å². The second-order valence-corrected chi connectivity index (χ2v) is 4.95. The molecule has 2 nitrogen and oxygen atoms in total. The van der Waals surface area contributed by atoms with E-state index in [9.17, 15) is 0 Å². The highest BCUT2D eigenvalue weighted by atomic mass is 35.5. The average molecular weight is 270 g/mol. The molecule has 0 saturated heterocycles. The van der Waals surface area contributed by atoms with E-state index < -0.39 is 0 Å². The van der Waals surface area contributed by atoms with Gasteiger partial charge in [0.25, 0.3) is 0 Å². The summed E-state index contributed by atoms with van der Waals surface area (Å²) in [5.41, 5.74) is 1.06. The van der Waals surface area contributed by atoms with Gasteiger partial charge in [-0.25, -0.2) is 0 Å². The fourth-order valence-corrected chi connectivity index (χ4v) is 2.17. The van der Waals surface area contributed by atoms with E-state index in [1.807, 2.05) is 18.2 Å². The van der Waals surface area contributed by atoms with Crippen molar-refractivity contribution in [3.8, 4) is 5.75 Å². The Morgan fingerprint density at radius 3 is 2.50 bits per heavy atom. The van der Waals surface area contributed by atoms with Crippen LogP contribution in [0, 0.1) is 0 Å². The van der Waals surface area contributed by atoms with Gasteiger partial charge in [-0.05, 0) is 24.6 Å². The molecular weight excluding hydrogens is 246 g/mol. The molecule has 0 spiro atoms. The van der Waals surface area contributed by atoms with Gasteiger partial charge in [0.2, 0.25) is 0 Å². The lowest BCUT2D eigenvalue weighted by molar-refractivity contribution is 0.415. The molecule has 0 aromatic heterocycles. The Balaban J connectivity index is 2.17. The Labute approximate surface area is 116 Å². The van der Waals surface area contributed by atoms with Crippen LogP contribution in [0.4, 0.5) is 5.69 Å². The largest absolute Gasteiger partial charge is 0.495 e. The van der Waals surface area contributed by atoms with E-state index in [0.29, 0.717) is 5.02 Å². The van der Waals surface area contributed by atoms with E-state index in [1.54, 1.807) is 7.11 Å². The van der Waals surface area contributed by atoms with Crippen molar-refractivity contribution >= 4 is 17.3 Å². The van der Waals surface area contributed by atoms with Crippen molar-refractivity contribution in [1.29, 1.82) is 0 Å². The second-order valence-electron chi connectivity index (χ2n) is 4.54. The fourth-order valence-electron chi connectivity index (χ4n) is 1.91. The Morgan fingerprint density at radius 2 is 1.83 bits per heavy atom. The molecule has 0 aliphatic carbocycles. The number of ether oxygens (including phenoxy) is 1. The summed E-state index contributed by atoms with van der Waals surface area (Å²) in [5, 5.41) is 4.05. The zero-order valence-corrected chi connectivity index (χ0v) is 12.2. The number of methoxy groups -OCH3 is 1. The van der Waals surface area contributed by atoms with Crippen LogP contribution in [-0.2, 0) is 0 Å². The molecule has 18 heavy (non-hydrogen) atoms. The number of hydrogen-bond acceptors (Lipinski definition) is 2. The number of rotatable bonds is 9. The minimum absolute atomic E-state index is 0.658. The Morgan fingerprint density at radius 1 is 1.11 bits per heavy atom. The summed E-state index contributed by atoms with van der Waals surface area (Å²) in [4.78, 5) is 0. The van der Waals surface area contributed by atoms with Crippen LogP contribution in [0.1, 0.15) is 45.4 Å². The molecular formula is C15H24ClNO. The number of benzene rings is 1. The Kier molecular flexibility index (Phi) is 7.66. The van der Waals surface area contributed by atoms with Crippen molar-refractivity contribution in [3.05, 3.63) is 23.2 Å². The highest BCUT2D eigenvalue weighted by molar-refractivity contribution is 6.32. The van der Waals surface area contributed by atoms with Crippen molar-refractivity contribution in [2.24, 2.45) is 0 Å². The molecule has 0 fully saturated rings. The molecule has 0 aliphatic heterocycles. The predicted octanol–water partition coefficient (Wildman–Crippen LogP) is 5.12. The molecule has 102 valence electrons. The summed E-state index contributed by atoms with van der Waals surface area (Å²) >= 11 is 6.06. The van der Waals surface area contributed by atoms with Gasteiger partial charge in [0.15, 0.2) is 0 Å². The van der Waals surface area contributed by atoms with E-state index in [1.165, 1.54) is 38.5 Å². The number of anilines is 1. The maximum Gasteiger partial charge on any atom is 0.137 e. The zero-order chi connectivity index (χ0) is 13.2. The number of hydrogen-bond donors (Lipinski definition) is 1. The fraction of sp³-hybridized carbons (Fsp3) is 0.600. The topological polar surface area (TPSA) is 21.3 Å². The van der Waals surface area contributed by atoms with Gasteiger partial charge in [-0.3, -0.25) is 0 Å². The molecule has 0 amide bonds. The molecule has 0 atom stereocenters. The predicted molar refractivity (Wildman–Crippen MR) is 79.9 cm³/mol. The Bertz CT molecular complexity index is 341. The number of unbranched alkanes of at least 4 members (excludes halogenated alkanes) is 5. The first kappa shape index (κ1) is 15.2. The van der Waals surface area contributed by atoms with E-state index in [4.69, 9.17) is 16.3 Å². The average Bonchev–Trinajstić information content (AvgIpc) is 2.38. The smallest absolute Gasteiger partial charge is 0.137 e. The third kappa shape index (κ3) is 5.63. The van der Waals surface area contributed by atoms with Gasteiger partial charge in [0.1, 0.15) is 5.75 Å². The number of halogens is 1. The standard InChI is InChI=1S/C15H24ClNO/c1-3-4-5-6-7-8-11-17-13-9-10-15(18-2)14(16)12-13/h9-10,12,17H,3-8,11H2,1-2H3. The molecule has 0 saturated carbocycles. The molecule has 0 heterocycles. The minimum Gasteiger partial charge on any atom is -0.495 e. The van der Waals surface area contributed by atoms with E-state index in [2.05, 4.69) is 12.2 Å². The van der Waals surface area contributed by atoms with Crippen LogP contribution in [0.3, 0.4) is 0 Å². The summed E-state index contributed by atoms with van der Waals surface area (Å²) in [6, 6.07) is 5.81. The van der Waals surface area contributed by atoms with Crippen LogP contribution >= 0.6 is 11.6 Å². The molecule has 1 rings (SSSR count). The van der Waals surface area contributed by atoms with Crippen LogP contribution in [0.15, 0.2) is 18.2 Å². The van der Waals surface area contributed by atoms with Crippen molar-refractivity contribution in [3.63, 3.8) is 0 Å². The van der Waals surface area contributed by atoms with Gasteiger partial charge >= 0.3 is 0 Å². The third-order valence-corrected chi connectivity index (χ3v) is 3.31. The molecule has 3 heteroatoms. The lowest BCUT2D eigenvalue weighted by atomic mass is 10.1. The first-order chi connectivity index (χ1) is 8.77. The van der Waals surface area contributed by atoms with Gasteiger partial charge < -0.3 is 10.1 Å². The zero-order valence-electron chi connectivity index (χ0n) is 11.5. The van der Waals surface area contributed by atoms with Crippen LogP contribution < -0.4 is 10.1 Å². The van der Waals surface area contributed by atoms with Gasteiger partial charge in [0, 0.05) is 12.2 Å². The highest BCUT2D eigenvalue weighted by Gasteiger charge is 2.00. The minimum atomic E-state index is 0.658. The summed E-state index contributed by atoms with van der Waals surface area (Å²) in [6.45, 7) is 3.25. The van der Waals surface area contributed by atoms with Gasteiger partial charge in [0.05, 0.1) is 12.1 Å². The summed E-state index contributed by atoms with van der Waals surface area (Å²) in [7, 11) is 1.63. The van der Waals surface area contributed by atoms with E-state index >= 15 is 0 Å². The maximum atomic E-state index is 6.06. The summed E-state index contributed by atoms with van der Waals surface area (Å²) < 4.78 is 5.12. The molecule has 0 aliphatic rings. The quantitative estimate of drug-likeness (QED) is 0.628. The summed E-state index contributed by atoms with van der Waals surface area (Å²) in [5.74, 6) is 0.724. The molecule has 0 unspecified atom stereocenters. The van der Waals surface area contributed by atoms with Crippen molar-refractivity contribution in [1.82, 2.24) is 0 Å². The van der Waals surface area contributed by atoms with Crippen molar-refractivity contribution in [2.45, 2.75) is 45.4 Å². The molecule has 0 bridgehead atoms. The van der Waals surface area contributed by atoms with Gasteiger partial charge in [-0.2, -0.15) is 0 Å². The highest BCUT2D eigenvalue weighted by Crippen LogP contribution is 2.27. The van der Waals surface area contributed by atoms with Crippen LogP contribution in [0.2, 0.25) is 5.02 Å². The first-order valence-corrected chi connectivity index (χ1v) is 7.23. The lowest BCUT2D eigenvalue weighted by Gasteiger charge is -2.08. The van der Waals surface area contributed by atoms with Crippen LogP contribution in [-0.4, -0.2) is 13.7 Å². The second kappa shape index (κ2) is 9.09. The van der Waals surface area contributed by atoms with Crippen LogP contribution in [0.5, 0.6) is 5.75 Å². The Hall–Kier alpha value is -0.890. The monoisotopic (exact) mass is 269 g/mol. The molecule has 0 radical (unpaired) electrons. The van der Waals surface area contributed by atoms with E-state index in [-0.39, 0.29) is 0 Å².